The summed E-state index contributed by atoms with van der Waals surface area (Å²) in [7, 11) is -3.15. The number of piperazine rings is 1. The zero-order valence-electron chi connectivity index (χ0n) is 11.9. The average Bonchev–Trinajstić information content (AvgIpc) is 2.47. The Hall–Kier alpha value is -0.700. The third-order valence-electron chi connectivity index (χ3n) is 3.63. The van der Waals surface area contributed by atoms with Gasteiger partial charge in [-0.25, -0.2) is 8.42 Å². The molecule has 0 radical (unpaired) electrons. The second-order valence-electron chi connectivity index (χ2n) is 5.12. The average molecular weight is 305 g/mol. The Morgan fingerprint density at radius 3 is 2.55 bits per heavy atom. The Morgan fingerprint density at radius 2 is 2.00 bits per heavy atom. The number of morpholine rings is 1. The van der Waals surface area contributed by atoms with Gasteiger partial charge < -0.3 is 15.0 Å². The van der Waals surface area contributed by atoms with Gasteiger partial charge in [0.05, 0.1) is 19.0 Å². The highest BCUT2D eigenvalue weighted by atomic mass is 32.2. The van der Waals surface area contributed by atoms with E-state index in [9.17, 15) is 13.2 Å². The van der Waals surface area contributed by atoms with Crippen LogP contribution in [0, 0.1) is 0 Å². The largest absolute Gasteiger partial charge is 0.378 e. The van der Waals surface area contributed by atoms with Crippen molar-refractivity contribution < 1.29 is 17.9 Å². The van der Waals surface area contributed by atoms with Crippen molar-refractivity contribution in [2.24, 2.45) is 0 Å². The summed E-state index contributed by atoms with van der Waals surface area (Å²) < 4.78 is 30.7. The smallest absolute Gasteiger partial charge is 0.242 e. The fourth-order valence-electron chi connectivity index (χ4n) is 2.52. The molecule has 2 fully saturated rings. The molecule has 116 valence electrons. The first kappa shape index (κ1) is 15.7. The summed E-state index contributed by atoms with van der Waals surface area (Å²) >= 11 is 0. The number of carbonyl (C=O) groups is 1. The Morgan fingerprint density at radius 1 is 1.30 bits per heavy atom. The van der Waals surface area contributed by atoms with Gasteiger partial charge in [0.1, 0.15) is 6.04 Å². The SMILES string of the molecule is CCCS(=O)(=O)N1CCN(C(=O)C2COCCN2)CC1. The van der Waals surface area contributed by atoms with Crippen LogP contribution in [0.15, 0.2) is 0 Å². The standard InChI is InChI=1S/C12H23N3O4S/c1-2-9-20(17,18)15-6-4-14(5-7-15)12(16)11-10-19-8-3-13-11/h11,13H,2-10H2,1H3. The number of amides is 1. The lowest BCUT2D eigenvalue weighted by molar-refractivity contribution is -0.137. The summed E-state index contributed by atoms with van der Waals surface area (Å²) in [5.74, 6) is 0.191. The second kappa shape index (κ2) is 6.84. The number of hydrogen-bond acceptors (Lipinski definition) is 5. The summed E-state index contributed by atoms with van der Waals surface area (Å²) in [4.78, 5) is 14.0. The summed E-state index contributed by atoms with van der Waals surface area (Å²) in [6.45, 7) is 5.26. The predicted octanol–water partition coefficient (Wildman–Crippen LogP) is -1.14. The molecule has 1 amide bonds. The molecule has 0 aliphatic carbocycles. The van der Waals surface area contributed by atoms with Crippen molar-refractivity contribution in [3.8, 4) is 0 Å². The normalized spacial score (nSPS) is 25.6. The van der Waals surface area contributed by atoms with Crippen LogP contribution < -0.4 is 5.32 Å². The zero-order valence-corrected chi connectivity index (χ0v) is 12.7. The Kier molecular flexibility index (Phi) is 5.36. The van der Waals surface area contributed by atoms with Crippen molar-refractivity contribution in [2.45, 2.75) is 19.4 Å². The van der Waals surface area contributed by atoms with E-state index in [4.69, 9.17) is 4.74 Å². The topological polar surface area (TPSA) is 79.0 Å². The molecule has 0 spiro atoms. The van der Waals surface area contributed by atoms with Crippen molar-refractivity contribution in [1.29, 1.82) is 0 Å². The first-order valence-electron chi connectivity index (χ1n) is 7.12. The van der Waals surface area contributed by atoms with Gasteiger partial charge in [0, 0.05) is 32.7 Å². The molecule has 0 bridgehead atoms. The maximum absolute atomic E-state index is 12.3. The van der Waals surface area contributed by atoms with Gasteiger partial charge in [-0.15, -0.1) is 0 Å². The molecule has 2 rings (SSSR count). The molecule has 0 saturated carbocycles. The van der Waals surface area contributed by atoms with Gasteiger partial charge in [0.2, 0.25) is 15.9 Å². The monoisotopic (exact) mass is 305 g/mol. The van der Waals surface area contributed by atoms with Crippen LogP contribution in [0.1, 0.15) is 13.3 Å². The second-order valence-corrected chi connectivity index (χ2v) is 7.21. The highest BCUT2D eigenvalue weighted by Crippen LogP contribution is 2.10. The lowest BCUT2D eigenvalue weighted by Crippen LogP contribution is -2.57. The third kappa shape index (κ3) is 3.69. The van der Waals surface area contributed by atoms with E-state index in [1.807, 2.05) is 6.92 Å². The Bertz CT molecular complexity index is 426. The molecule has 0 aromatic carbocycles. The van der Waals surface area contributed by atoms with Gasteiger partial charge in [-0.3, -0.25) is 4.79 Å². The number of sulfonamides is 1. The van der Waals surface area contributed by atoms with Gasteiger partial charge in [0.25, 0.3) is 0 Å². The van der Waals surface area contributed by atoms with E-state index in [1.54, 1.807) is 4.90 Å². The first-order chi connectivity index (χ1) is 9.54. The Labute approximate surface area is 120 Å². The summed E-state index contributed by atoms with van der Waals surface area (Å²) in [6, 6.07) is -0.289. The number of ether oxygens (including phenoxy) is 1. The van der Waals surface area contributed by atoms with Crippen LogP contribution in [0.25, 0.3) is 0 Å². The quantitative estimate of drug-likeness (QED) is 0.710. The van der Waals surface area contributed by atoms with E-state index in [0.29, 0.717) is 52.4 Å². The van der Waals surface area contributed by atoms with Crippen LogP contribution in [0.3, 0.4) is 0 Å². The van der Waals surface area contributed by atoms with Crippen LogP contribution in [-0.2, 0) is 19.6 Å². The zero-order chi connectivity index (χ0) is 14.6. The maximum atomic E-state index is 12.3. The molecule has 20 heavy (non-hydrogen) atoms. The molecule has 0 aromatic heterocycles. The molecule has 1 N–H and O–H groups in total. The summed E-state index contributed by atoms with van der Waals surface area (Å²) in [6.07, 6.45) is 0.616. The number of carbonyl (C=O) groups excluding carboxylic acids is 1. The number of nitrogens with one attached hydrogen (secondary N) is 1. The van der Waals surface area contributed by atoms with Gasteiger partial charge in [-0.05, 0) is 6.42 Å². The van der Waals surface area contributed by atoms with Crippen molar-refractivity contribution in [3.05, 3.63) is 0 Å². The maximum Gasteiger partial charge on any atom is 0.242 e. The first-order valence-corrected chi connectivity index (χ1v) is 8.73. The van der Waals surface area contributed by atoms with Gasteiger partial charge in [0.15, 0.2) is 0 Å². The minimum Gasteiger partial charge on any atom is -0.378 e. The van der Waals surface area contributed by atoms with Crippen molar-refractivity contribution in [1.82, 2.24) is 14.5 Å². The fraction of sp³-hybridized carbons (Fsp3) is 0.917. The van der Waals surface area contributed by atoms with Crippen LogP contribution >= 0.6 is 0 Å². The Balaban J connectivity index is 1.86. The van der Waals surface area contributed by atoms with Crippen molar-refractivity contribution in [2.75, 3.05) is 51.7 Å². The molecule has 1 unspecified atom stereocenters. The van der Waals surface area contributed by atoms with E-state index in [2.05, 4.69) is 5.32 Å². The molecular weight excluding hydrogens is 282 g/mol. The van der Waals surface area contributed by atoms with Gasteiger partial charge >= 0.3 is 0 Å². The third-order valence-corrected chi connectivity index (χ3v) is 5.70. The van der Waals surface area contributed by atoms with E-state index in [-0.39, 0.29) is 17.7 Å². The van der Waals surface area contributed by atoms with Gasteiger partial charge in [-0.2, -0.15) is 4.31 Å². The highest BCUT2D eigenvalue weighted by Gasteiger charge is 2.31. The van der Waals surface area contributed by atoms with E-state index < -0.39 is 10.0 Å². The van der Waals surface area contributed by atoms with Crippen LogP contribution in [0.2, 0.25) is 0 Å². The van der Waals surface area contributed by atoms with Crippen LogP contribution in [0.5, 0.6) is 0 Å². The van der Waals surface area contributed by atoms with Crippen LogP contribution in [-0.4, -0.2) is 81.3 Å². The number of nitrogens with zero attached hydrogens (tertiary/aromatic N) is 2. The number of rotatable bonds is 4. The lowest BCUT2D eigenvalue weighted by atomic mass is 10.2. The van der Waals surface area contributed by atoms with Crippen molar-refractivity contribution >= 4 is 15.9 Å². The molecule has 1 atom stereocenters. The van der Waals surface area contributed by atoms with Crippen molar-refractivity contribution in [3.63, 3.8) is 0 Å². The lowest BCUT2D eigenvalue weighted by Gasteiger charge is -2.36. The van der Waals surface area contributed by atoms with Crippen LogP contribution in [0.4, 0.5) is 0 Å². The van der Waals surface area contributed by atoms with E-state index >= 15 is 0 Å². The molecule has 7 nitrogen and oxygen atoms in total. The molecule has 2 heterocycles. The molecule has 2 aliphatic heterocycles. The predicted molar refractivity (Wildman–Crippen MR) is 74.8 cm³/mol. The molecule has 8 heteroatoms. The molecular formula is C12H23N3O4S. The molecule has 2 saturated heterocycles. The van der Waals surface area contributed by atoms with Gasteiger partial charge in [-0.1, -0.05) is 6.92 Å². The van der Waals surface area contributed by atoms with E-state index in [1.165, 1.54) is 4.31 Å². The minimum atomic E-state index is -3.15. The number of hydrogen-bond donors (Lipinski definition) is 1. The van der Waals surface area contributed by atoms with E-state index in [0.717, 1.165) is 0 Å². The summed E-state index contributed by atoms with van der Waals surface area (Å²) in [5.41, 5.74) is 0. The fourth-order valence-corrected chi connectivity index (χ4v) is 4.01. The molecule has 0 aromatic rings. The molecule has 2 aliphatic rings. The summed E-state index contributed by atoms with van der Waals surface area (Å²) in [5, 5.41) is 3.13. The highest BCUT2D eigenvalue weighted by molar-refractivity contribution is 7.89. The minimum absolute atomic E-state index is 0.0113.